The lowest BCUT2D eigenvalue weighted by molar-refractivity contribution is -0.119. The molecule has 1 aliphatic rings. The van der Waals surface area contributed by atoms with Gasteiger partial charge < -0.3 is 5.32 Å². The van der Waals surface area contributed by atoms with E-state index in [0.717, 1.165) is 12.1 Å². The number of carbonyl (C=O) groups is 1. The summed E-state index contributed by atoms with van der Waals surface area (Å²) in [6.45, 7) is 0.225. The third-order valence-electron chi connectivity index (χ3n) is 4.65. The van der Waals surface area contributed by atoms with Crippen LogP contribution in [0.1, 0.15) is 12.8 Å². The maximum atomic E-state index is 13.1. The fourth-order valence-corrected chi connectivity index (χ4v) is 4.92. The highest BCUT2D eigenvalue weighted by Crippen LogP contribution is 2.27. The van der Waals surface area contributed by atoms with Crippen molar-refractivity contribution in [2.45, 2.75) is 23.8 Å². The third-order valence-corrected chi connectivity index (χ3v) is 6.58. The molecule has 0 unspecified atom stereocenters. The largest absolute Gasteiger partial charge is 0.325 e. The molecule has 2 heterocycles. The van der Waals surface area contributed by atoms with E-state index in [4.69, 9.17) is 0 Å². The van der Waals surface area contributed by atoms with Gasteiger partial charge >= 0.3 is 0 Å². The molecule has 4 rings (SSSR count). The van der Waals surface area contributed by atoms with Gasteiger partial charge in [-0.2, -0.15) is 4.31 Å². The molecule has 150 valence electrons. The van der Waals surface area contributed by atoms with E-state index < -0.39 is 27.8 Å². The summed E-state index contributed by atoms with van der Waals surface area (Å²) in [6.07, 6.45) is 2.39. The second-order valence-corrected chi connectivity index (χ2v) is 8.41. The van der Waals surface area contributed by atoms with Crippen LogP contribution in [-0.2, 0) is 14.8 Å². The van der Waals surface area contributed by atoms with E-state index in [1.54, 1.807) is 24.3 Å². The number of nitrogens with one attached hydrogen (secondary N) is 1. The van der Waals surface area contributed by atoms with E-state index in [9.17, 15) is 17.6 Å². The SMILES string of the molecule is O=C(Nc1cccc(-n2cnnn2)c1)[C@@H]1CCCN1S(=O)(=O)c1ccc(F)cc1. The van der Waals surface area contributed by atoms with Gasteiger partial charge in [-0.3, -0.25) is 4.79 Å². The third kappa shape index (κ3) is 3.87. The number of amides is 1. The lowest BCUT2D eigenvalue weighted by atomic mass is 10.2. The minimum absolute atomic E-state index is 0.0423. The van der Waals surface area contributed by atoms with Crippen molar-refractivity contribution in [2.75, 3.05) is 11.9 Å². The van der Waals surface area contributed by atoms with Crippen molar-refractivity contribution in [2.24, 2.45) is 0 Å². The molecule has 11 heteroatoms. The topological polar surface area (TPSA) is 110 Å². The van der Waals surface area contributed by atoms with Crippen LogP contribution in [0.15, 0.2) is 59.8 Å². The summed E-state index contributed by atoms with van der Waals surface area (Å²) in [6, 6.07) is 10.6. The summed E-state index contributed by atoms with van der Waals surface area (Å²) < 4.78 is 41.6. The molecule has 1 atom stereocenters. The first kappa shape index (κ1) is 19.2. The molecule has 1 saturated heterocycles. The van der Waals surface area contributed by atoms with Crippen LogP contribution in [0.4, 0.5) is 10.1 Å². The molecular formula is C18H17FN6O3S. The van der Waals surface area contributed by atoms with E-state index in [1.165, 1.54) is 27.4 Å². The number of hydrogen-bond acceptors (Lipinski definition) is 6. The first-order valence-electron chi connectivity index (χ1n) is 8.87. The monoisotopic (exact) mass is 416 g/mol. The highest BCUT2D eigenvalue weighted by molar-refractivity contribution is 7.89. The molecule has 0 spiro atoms. The van der Waals surface area contributed by atoms with E-state index in [-0.39, 0.29) is 11.4 Å². The molecule has 3 aromatic rings. The summed E-state index contributed by atoms with van der Waals surface area (Å²) in [4.78, 5) is 12.8. The van der Waals surface area contributed by atoms with Crippen LogP contribution < -0.4 is 5.32 Å². The molecule has 0 aliphatic carbocycles. The number of anilines is 1. The smallest absolute Gasteiger partial charge is 0.243 e. The summed E-state index contributed by atoms with van der Waals surface area (Å²) in [5.41, 5.74) is 1.14. The highest BCUT2D eigenvalue weighted by Gasteiger charge is 2.39. The van der Waals surface area contributed by atoms with Crippen molar-refractivity contribution < 1.29 is 17.6 Å². The Kier molecular flexibility index (Phi) is 5.07. The Morgan fingerprint density at radius 1 is 1.17 bits per heavy atom. The Balaban J connectivity index is 1.54. The van der Waals surface area contributed by atoms with E-state index in [2.05, 4.69) is 20.8 Å². The summed E-state index contributed by atoms with van der Waals surface area (Å²) in [5.74, 6) is -0.954. The number of aromatic nitrogens is 4. The minimum atomic E-state index is -3.91. The van der Waals surface area contributed by atoms with Gasteiger partial charge in [-0.05, 0) is 65.7 Å². The second-order valence-electron chi connectivity index (χ2n) is 6.52. The van der Waals surface area contributed by atoms with Crippen molar-refractivity contribution >= 4 is 21.6 Å². The Labute approximate surface area is 166 Å². The molecule has 1 amide bonds. The fourth-order valence-electron chi connectivity index (χ4n) is 3.26. The Morgan fingerprint density at radius 2 is 1.97 bits per heavy atom. The van der Waals surface area contributed by atoms with Gasteiger partial charge in [0.15, 0.2) is 0 Å². The maximum absolute atomic E-state index is 13.1. The summed E-state index contributed by atoms with van der Waals surface area (Å²) in [7, 11) is -3.91. The molecule has 2 aromatic carbocycles. The van der Waals surface area contributed by atoms with Crippen molar-refractivity contribution in [3.8, 4) is 5.69 Å². The zero-order chi connectivity index (χ0) is 20.4. The van der Waals surface area contributed by atoms with Crippen LogP contribution in [0.2, 0.25) is 0 Å². The fraction of sp³-hybridized carbons (Fsp3) is 0.222. The number of tetrazole rings is 1. The van der Waals surface area contributed by atoms with Gasteiger partial charge in [-0.25, -0.2) is 17.5 Å². The minimum Gasteiger partial charge on any atom is -0.325 e. The first-order chi connectivity index (χ1) is 13.9. The van der Waals surface area contributed by atoms with Gasteiger partial charge in [-0.15, -0.1) is 5.10 Å². The number of hydrogen-bond donors (Lipinski definition) is 1. The van der Waals surface area contributed by atoms with Crippen molar-refractivity contribution in [3.63, 3.8) is 0 Å². The molecule has 29 heavy (non-hydrogen) atoms. The molecule has 1 N–H and O–H groups in total. The van der Waals surface area contributed by atoms with Crippen LogP contribution in [0.5, 0.6) is 0 Å². The molecule has 1 aliphatic heterocycles. The van der Waals surface area contributed by atoms with E-state index in [0.29, 0.717) is 24.2 Å². The van der Waals surface area contributed by atoms with Gasteiger partial charge in [0.1, 0.15) is 18.2 Å². The Bertz CT molecular complexity index is 1120. The molecule has 1 fully saturated rings. The zero-order valence-corrected chi connectivity index (χ0v) is 16.0. The van der Waals surface area contributed by atoms with Crippen LogP contribution in [0, 0.1) is 5.82 Å². The normalized spacial score (nSPS) is 17.3. The van der Waals surface area contributed by atoms with Gasteiger partial charge in [0.25, 0.3) is 0 Å². The number of nitrogens with zero attached hydrogens (tertiary/aromatic N) is 5. The number of carbonyl (C=O) groups excluding carboxylic acids is 1. The zero-order valence-electron chi connectivity index (χ0n) is 15.1. The summed E-state index contributed by atoms with van der Waals surface area (Å²) >= 11 is 0. The summed E-state index contributed by atoms with van der Waals surface area (Å²) in [5, 5.41) is 13.7. The van der Waals surface area contributed by atoms with Gasteiger partial charge in [0.05, 0.1) is 10.6 Å². The lowest BCUT2D eigenvalue weighted by Gasteiger charge is -2.23. The number of sulfonamides is 1. The maximum Gasteiger partial charge on any atom is 0.243 e. The molecule has 0 bridgehead atoms. The van der Waals surface area contributed by atoms with Gasteiger partial charge in [0, 0.05) is 12.2 Å². The molecule has 1 aromatic heterocycles. The number of halogens is 1. The molecule has 0 saturated carbocycles. The predicted octanol–water partition coefficient (Wildman–Crippen LogP) is 1.59. The predicted molar refractivity (Wildman–Crippen MR) is 101 cm³/mol. The molecule has 0 radical (unpaired) electrons. The quantitative estimate of drug-likeness (QED) is 0.676. The standard InChI is InChI=1S/C18H17FN6O3S/c19-13-6-8-16(9-7-13)29(27,28)25-10-2-5-17(25)18(26)21-14-3-1-4-15(11-14)24-12-20-22-23-24/h1,3-4,6-9,11-12,17H,2,5,10H2,(H,21,26)/t17-/m0/s1. The lowest BCUT2D eigenvalue weighted by Crippen LogP contribution is -2.43. The Morgan fingerprint density at radius 3 is 2.69 bits per heavy atom. The van der Waals surface area contributed by atoms with E-state index in [1.807, 2.05) is 0 Å². The number of rotatable bonds is 5. The second kappa shape index (κ2) is 7.68. The van der Waals surface area contributed by atoms with Gasteiger partial charge in [0.2, 0.25) is 15.9 Å². The molecule has 9 nitrogen and oxygen atoms in total. The van der Waals surface area contributed by atoms with Crippen LogP contribution in [0.3, 0.4) is 0 Å². The first-order valence-corrected chi connectivity index (χ1v) is 10.3. The van der Waals surface area contributed by atoms with Crippen LogP contribution >= 0.6 is 0 Å². The highest BCUT2D eigenvalue weighted by atomic mass is 32.2. The average Bonchev–Trinajstić information content (AvgIpc) is 3.41. The van der Waals surface area contributed by atoms with Gasteiger partial charge in [-0.1, -0.05) is 6.07 Å². The molecular weight excluding hydrogens is 399 g/mol. The van der Waals surface area contributed by atoms with Crippen LogP contribution in [-0.4, -0.2) is 51.4 Å². The van der Waals surface area contributed by atoms with Crippen molar-refractivity contribution in [1.29, 1.82) is 0 Å². The number of benzene rings is 2. The van der Waals surface area contributed by atoms with Crippen LogP contribution in [0.25, 0.3) is 5.69 Å². The average molecular weight is 416 g/mol. The Hall–Kier alpha value is -3.18. The van der Waals surface area contributed by atoms with Crippen molar-refractivity contribution in [1.82, 2.24) is 24.5 Å². The van der Waals surface area contributed by atoms with E-state index >= 15 is 0 Å². The van der Waals surface area contributed by atoms with Crippen molar-refractivity contribution in [3.05, 3.63) is 60.7 Å².